The third-order valence-electron chi connectivity index (χ3n) is 1.56. The summed E-state index contributed by atoms with van der Waals surface area (Å²) < 4.78 is 30.0. The lowest BCUT2D eigenvalue weighted by molar-refractivity contribution is -0.124. The van der Waals surface area contributed by atoms with E-state index in [0.29, 0.717) is 0 Å². The molecule has 1 unspecified atom stereocenters. The van der Waals surface area contributed by atoms with Crippen molar-refractivity contribution in [3.05, 3.63) is 0 Å². The summed E-state index contributed by atoms with van der Waals surface area (Å²) in [5.41, 5.74) is 0. The van der Waals surface area contributed by atoms with Crippen LogP contribution in [0, 0.1) is 5.92 Å². The number of rotatable bonds is 4. The molecule has 2 N–H and O–H groups in total. The van der Waals surface area contributed by atoms with Crippen LogP contribution in [-0.4, -0.2) is 24.3 Å². The highest BCUT2D eigenvalue weighted by Gasteiger charge is 2.23. The van der Waals surface area contributed by atoms with Crippen molar-refractivity contribution in [1.29, 1.82) is 0 Å². The molecule has 5 nitrogen and oxygen atoms in total. The average molecular weight is 209 g/mol. The molecule has 0 radical (unpaired) electrons. The lowest BCUT2D eigenvalue weighted by atomic mass is 10.2. The maximum absolute atomic E-state index is 11.1. The van der Waals surface area contributed by atoms with E-state index in [4.69, 9.17) is 4.55 Å². The van der Waals surface area contributed by atoms with Crippen LogP contribution >= 0.6 is 0 Å². The van der Waals surface area contributed by atoms with Gasteiger partial charge in [0, 0.05) is 5.92 Å². The molecule has 0 spiro atoms. The first kappa shape index (κ1) is 12.4. The van der Waals surface area contributed by atoms with Gasteiger partial charge in [0.2, 0.25) is 5.91 Å². The van der Waals surface area contributed by atoms with E-state index in [1.54, 1.807) is 20.8 Å². The Morgan fingerprint density at radius 2 is 1.92 bits per heavy atom. The number of carbonyl (C=O) groups excluding carboxylic acids is 1. The molecule has 0 aliphatic heterocycles. The van der Waals surface area contributed by atoms with Gasteiger partial charge in [-0.15, -0.1) is 0 Å². The number of hydrogen-bond donors (Lipinski definition) is 2. The molecule has 0 saturated carbocycles. The van der Waals surface area contributed by atoms with Crippen molar-refractivity contribution in [2.75, 3.05) is 0 Å². The highest BCUT2D eigenvalue weighted by atomic mass is 32.2. The van der Waals surface area contributed by atoms with Crippen LogP contribution in [0.3, 0.4) is 0 Å². The molecule has 78 valence electrons. The van der Waals surface area contributed by atoms with Crippen molar-refractivity contribution < 1.29 is 17.8 Å². The van der Waals surface area contributed by atoms with Crippen LogP contribution in [0.2, 0.25) is 0 Å². The topological polar surface area (TPSA) is 83.5 Å². The van der Waals surface area contributed by atoms with Crippen LogP contribution in [0.4, 0.5) is 0 Å². The monoisotopic (exact) mass is 209 g/mol. The Balaban J connectivity index is 4.41. The van der Waals surface area contributed by atoms with E-state index in [-0.39, 0.29) is 18.2 Å². The Hall–Kier alpha value is -0.620. The van der Waals surface area contributed by atoms with Crippen LogP contribution in [0.5, 0.6) is 0 Å². The highest BCUT2D eigenvalue weighted by Crippen LogP contribution is 2.02. The fourth-order valence-electron chi connectivity index (χ4n) is 0.712. The minimum absolute atomic E-state index is 0.150. The summed E-state index contributed by atoms with van der Waals surface area (Å²) in [4.78, 5) is 11.1. The second-order valence-electron chi connectivity index (χ2n) is 3.08. The van der Waals surface area contributed by atoms with Crippen molar-refractivity contribution in [1.82, 2.24) is 5.32 Å². The lowest BCUT2D eigenvalue weighted by Crippen LogP contribution is -2.41. The van der Waals surface area contributed by atoms with E-state index >= 15 is 0 Å². The van der Waals surface area contributed by atoms with Crippen molar-refractivity contribution in [3.63, 3.8) is 0 Å². The molecule has 0 aromatic carbocycles. The molecule has 0 fully saturated rings. The van der Waals surface area contributed by atoms with E-state index < -0.39 is 15.5 Å². The Bertz CT molecular complexity index is 270. The summed E-state index contributed by atoms with van der Waals surface area (Å²) in [6.45, 7) is 4.86. The standard InChI is InChI=1S/C7H15NO4S/c1-4-6(13(10,11)12)8-7(9)5(2)3/h5-6H,4H2,1-3H3,(H,8,9)(H,10,11,12). The molecule has 13 heavy (non-hydrogen) atoms. The minimum Gasteiger partial charge on any atom is -0.337 e. The first-order valence-electron chi connectivity index (χ1n) is 4.05. The zero-order valence-corrected chi connectivity index (χ0v) is 8.76. The molecule has 0 aromatic rings. The largest absolute Gasteiger partial charge is 0.337 e. The number of carbonyl (C=O) groups is 1. The summed E-state index contributed by atoms with van der Waals surface area (Å²) >= 11 is 0. The van der Waals surface area contributed by atoms with Gasteiger partial charge in [-0.25, -0.2) is 0 Å². The van der Waals surface area contributed by atoms with E-state index in [2.05, 4.69) is 5.32 Å². The zero-order valence-electron chi connectivity index (χ0n) is 7.94. The maximum atomic E-state index is 11.1. The third-order valence-corrected chi connectivity index (χ3v) is 2.73. The Morgan fingerprint density at radius 1 is 1.46 bits per heavy atom. The molecule has 0 heterocycles. The molecule has 1 amide bonds. The van der Waals surface area contributed by atoms with Crippen LogP contribution in [0.25, 0.3) is 0 Å². The van der Waals surface area contributed by atoms with Gasteiger partial charge < -0.3 is 5.32 Å². The summed E-state index contributed by atoms with van der Waals surface area (Å²) in [6, 6.07) is 0. The van der Waals surface area contributed by atoms with Gasteiger partial charge >= 0.3 is 0 Å². The number of amides is 1. The SMILES string of the molecule is CCC(NC(=O)C(C)C)S(=O)(=O)O. The Labute approximate surface area is 78.3 Å². The van der Waals surface area contributed by atoms with Crippen molar-refractivity contribution >= 4 is 16.0 Å². The second-order valence-corrected chi connectivity index (χ2v) is 4.67. The summed E-state index contributed by atoms with van der Waals surface area (Å²) in [6.07, 6.45) is 0.150. The smallest absolute Gasteiger partial charge is 0.286 e. The van der Waals surface area contributed by atoms with Gasteiger partial charge in [-0.05, 0) is 6.42 Å². The minimum atomic E-state index is -4.18. The molecular formula is C7H15NO4S. The van der Waals surface area contributed by atoms with E-state index in [0.717, 1.165) is 0 Å². The summed E-state index contributed by atoms with van der Waals surface area (Å²) in [5.74, 6) is -0.680. The quantitative estimate of drug-likeness (QED) is 0.656. The number of nitrogens with one attached hydrogen (secondary N) is 1. The Morgan fingerprint density at radius 3 is 2.15 bits per heavy atom. The molecule has 0 aromatic heterocycles. The molecule has 1 atom stereocenters. The zero-order chi connectivity index (χ0) is 10.6. The van der Waals surface area contributed by atoms with Gasteiger partial charge in [-0.1, -0.05) is 20.8 Å². The second kappa shape index (κ2) is 4.57. The maximum Gasteiger partial charge on any atom is 0.286 e. The first-order valence-corrected chi connectivity index (χ1v) is 5.56. The lowest BCUT2D eigenvalue weighted by Gasteiger charge is -2.14. The van der Waals surface area contributed by atoms with Gasteiger partial charge in [0.25, 0.3) is 10.1 Å². The fraction of sp³-hybridized carbons (Fsp3) is 0.857. The van der Waals surface area contributed by atoms with Crippen molar-refractivity contribution in [3.8, 4) is 0 Å². The average Bonchev–Trinajstić information content (AvgIpc) is 1.96. The molecule has 0 rings (SSSR count). The molecule has 0 saturated heterocycles. The molecular weight excluding hydrogens is 194 g/mol. The highest BCUT2D eigenvalue weighted by molar-refractivity contribution is 7.86. The predicted molar refractivity (Wildman–Crippen MR) is 48.6 cm³/mol. The van der Waals surface area contributed by atoms with E-state index in [1.807, 2.05) is 0 Å². The van der Waals surface area contributed by atoms with Gasteiger partial charge in [0.15, 0.2) is 5.37 Å². The first-order chi connectivity index (χ1) is 5.79. The van der Waals surface area contributed by atoms with Crippen LogP contribution in [0.15, 0.2) is 0 Å². The van der Waals surface area contributed by atoms with Crippen LogP contribution in [-0.2, 0) is 14.9 Å². The van der Waals surface area contributed by atoms with E-state index in [1.165, 1.54) is 0 Å². The fourth-order valence-corrected chi connectivity index (χ4v) is 1.40. The van der Waals surface area contributed by atoms with Crippen LogP contribution in [0.1, 0.15) is 27.2 Å². The van der Waals surface area contributed by atoms with Crippen molar-refractivity contribution in [2.24, 2.45) is 5.92 Å². The molecule has 0 aliphatic rings. The molecule has 0 aliphatic carbocycles. The number of hydrogen-bond acceptors (Lipinski definition) is 3. The van der Waals surface area contributed by atoms with Gasteiger partial charge in [0.1, 0.15) is 0 Å². The Kier molecular flexibility index (Phi) is 4.35. The molecule has 0 bridgehead atoms. The van der Waals surface area contributed by atoms with Crippen LogP contribution < -0.4 is 5.32 Å². The molecule has 6 heteroatoms. The normalized spacial score (nSPS) is 14.2. The third kappa shape index (κ3) is 4.23. The summed E-state index contributed by atoms with van der Waals surface area (Å²) in [5, 5.41) is 1.04. The van der Waals surface area contributed by atoms with Gasteiger partial charge in [-0.3, -0.25) is 9.35 Å². The summed E-state index contributed by atoms with van der Waals surface area (Å²) in [7, 11) is -4.18. The van der Waals surface area contributed by atoms with Gasteiger partial charge in [-0.2, -0.15) is 8.42 Å². The van der Waals surface area contributed by atoms with Gasteiger partial charge in [0.05, 0.1) is 0 Å². The predicted octanol–water partition coefficient (Wildman–Crippen LogP) is 0.383. The van der Waals surface area contributed by atoms with Crippen molar-refractivity contribution in [2.45, 2.75) is 32.6 Å². The van der Waals surface area contributed by atoms with E-state index in [9.17, 15) is 13.2 Å².